The van der Waals surface area contributed by atoms with Crippen LogP contribution in [0.15, 0.2) is 54.6 Å². The van der Waals surface area contributed by atoms with Gasteiger partial charge in [-0.1, -0.05) is 65.0 Å². The number of carbonyl (C=O) groups is 2. The molecule has 0 saturated carbocycles. The van der Waals surface area contributed by atoms with Gasteiger partial charge < -0.3 is 10.1 Å². The van der Waals surface area contributed by atoms with Crippen molar-refractivity contribution < 1.29 is 14.3 Å². The van der Waals surface area contributed by atoms with E-state index in [0.29, 0.717) is 12.3 Å². The van der Waals surface area contributed by atoms with Gasteiger partial charge in [-0.3, -0.25) is 9.59 Å². The Bertz CT molecular complexity index is 1090. The van der Waals surface area contributed by atoms with E-state index in [1.54, 1.807) is 4.68 Å². The van der Waals surface area contributed by atoms with Gasteiger partial charge in [0.25, 0.3) is 0 Å². The summed E-state index contributed by atoms with van der Waals surface area (Å²) in [6.07, 6.45) is 0.437. The molecule has 0 fully saturated rings. The number of hydrogen-bond donors (Lipinski definition) is 1. The van der Waals surface area contributed by atoms with E-state index in [1.807, 2.05) is 75.4 Å². The summed E-state index contributed by atoms with van der Waals surface area (Å²) in [5, 5.41) is 7.74. The molecule has 168 valence electrons. The van der Waals surface area contributed by atoms with Crippen molar-refractivity contribution in [2.45, 2.75) is 53.9 Å². The van der Waals surface area contributed by atoms with E-state index in [4.69, 9.17) is 9.84 Å². The van der Waals surface area contributed by atoms with Crippen LogP contribution in [-0.2, 0) is 9.59 Å². The molecule has 0 bridgehead atoms. The highest BCUT2D eigenvalue weighted by molar-refractivity contribution is 5.91. The third-order valence-corrected chi connectivity index (χ3v) is 4.81. The number of rotatable bonds is 6. The highest BCUT2D eigenvalue weighted by Crippen LogP contribution is 2.39. The van der Waals surface area contributed by atoms with Crippen LogP contribution in [0.2, 0.25) is 0 Å². The van der Waals surface area contributed by atoms with Crippen LogP contribution in [0.4, 0.5) is 5.69 Å². The molecule has 0 radical (unpaired) electrons. The predicted molar refractivity (Wildman–Crippen MR) is 127 cm³/mol. The zero-order valence-electron chi connectivity index (χ0n) is 19.6. The molecule has 2 aromatic carbocycles. The Balaban J connectivity index is 2.03. The third kappa shape index (κ3) is 5.63. The Labute approximate surface area is 189 Å². The second-order valence-electron chi connectivity index (χ2n) is 9.42. The summed E-state index contributed by atoms with van der Waals surface area (Å²) in [7, 11) is 0. The second kappa shape index (κ2) is 9.39. The average molecular weight is 434 g/mol. The number of nitrogens with zero attached hydrogens (tertiary/aromatic N) is 2. The monoisotopic (exact) mass is 433 g/mol. The van der Waals surface area contributed by atoms with Gasteiger partial charge in [0.05, 0.1) is 16.9 Å². The number of para-hydroxylation sites is 1. The van der Waals surface area contributed by atoms with E-state index in [1.165, 1.54) is 6.92 Å². The van der Waals surface area contributed by atoms with Crippen molar-refractivity contribution in [1.29, 1.82) is 0 Å². The lowest BCUT2D eigenvalue weighted by molar-refractivity contribution is -0.132. The van der Waals surface area contributed by atoms with Crippen LogP contribution < -0.4 is 10.1 Å². The average Bonchev–Trinajstić information content (AvgIpc) is 3.06. The van der Waals surface area contributed by atoms with Crippen LogP contribution in [0.3, 0.4) is 0 Å². The summed E-state index contributed by atoms with van der Waals surface area (Å²) in [6, 6.07) is 17.1. The minimum atomic E-state index is -0.412. The molecule has 1 amide bonds. The Morgan fingerprint density at radius 2 is 1.66 bits per heavy atom. The summed E-state index contributed by atoms with van der Waals surface area (Å²) in [4.78, 5) is 24.2. The van der Waals surface area contributed by atoms with E-state index < -0.39 is 5.97 Å². The first-order valence-electron chi connectivity index (χ1n) is 10.8. The Morgan fingerprint density at radius 1 is 1.03 bits per heavy atom. The fourth-order valence-electron chi connectivity index (χ4n) is 3.48. The molecular formula is C26H31N3O3. The number of amides is 1. The first kappa shape index (κ1) is 23.3. The molecule has 3 rings (SSSR count). The quantitative estimate of drug-likeness (QED) is 0.487. The van der Waals surface area contributed by atoms with Gasteiger partial charge in [-0.2, -0.15) is 9.78 Å². The Morgan fingerprint density at radius 3 is 2.19 bits per heavy atom. The minimum Gasteiger partial charge on any atom is -0.407 e. The van der Waals surface area contributed by atoms with Crippen molar-refractivity contribution in [3.63, 3.8) is 0 Å². The molecule has 0 spiro atoms. The van der Waals surface area contributed by atoms with E-state index >= 15 is 0 Å². The summed E-state index contributed by atoms with van der Waals surface area (Å²) >= 11 is 0. The second-order valence-corrected chi connectivity index (χ2v) is 9.42. The fraction of sp³-hybridized carbons (Fsp3) is 0.346. The van der Waals surface area contributed by atoms with E-state index in [9.17, 15) is 9.59 Å². The molecule has 3 aromatic rings. The first-order valence-corrected chi connectivity index (χ1v) is 10.8. The predicted octanol–water partition coefficient (Wildman–Crippen LogP) is 5.96. The molecule has 0 unspecified atom stereocenters. The molecule has 0 aliphatic carbocycles. The summed E-state index contributed by atoms with van der Waals surface area (Å²) in [5.41, 5.74) is 3.91. The van der Waals surface area contributed by atoms with E-state index in [2.05, 4.69) is 19.2 Å². The molecule has 1 aromatic heterocycles. The standard InChI is InChI=1S/C26H31N3O3/c1-17(2)24-23(19-12-14-20(15-13-19)27-22(31)16-26(4,5)6)25(32-18(3)30)29(28-24)21-10-8-7-9-11-21/h7-15,17H,16H2,1-6H3,(H,27,31). The molecule has 32 heavy (non-hydrogen) atoms. The topological polar surface area (TPSA) is 73.2 Å². The normalized spacial score (nSPS) is 11.5. The van der Waals surface area contributed by atoms with Crippen molar-refractivity contribution in [2.24, 2.45) is 5.41 Å². The van der Waals surface area contributed by atoms with Gasteiger partial charge in [-0.05, 0) is 41.2 Å². The molecule has 0 aliphatic rings. The number of anilines is 1. The van der Waals surface area contributed by atoms with Crippen LogP contribution in [0, 0.1) is 5.41 Å². The van der Waals surface area contributed by atoms with Crippen LogP contribution >= 0.6 is 0 Å². The fourth-order valence-corrected chi connectivity index (χ4v) is 3.48. The maximum absolute atomic E-state index is 12.3. The van der Waals surface area contributed by atoms with Crippen molar-refractivity contribution >= 4 is 17.6 Å². The zero-order chi connectivity index (χ0) is 23.5. The van der Waals surface area contributed by atoms with Gasteiger partial charge in [0.15, 0.2) is 0 Å². The van der Waals surface area contributed by atoms with Crippen LogP contribution in [-0.4, -0.2) is 21.7 Å². The number of benzene rings is 2. The molecule has 6 nitrogen and oxygen atoms in total. The summed E-state index contributed by atoms with van der Waals surface area (Å²) < 4.78 is 7.33. The van der Waals surface area contributed by atoms with Crippen molar-refractivity contribution in [3.8, 4) is 22.7 Å². The molecule has 1 N–H and O–H groups in total. The maximum Gasteiger partial charge on any atom is 0.309 e. The Hall–Kier alpha value is -3.41. The van der Waals surface area contributed by atoms with Crippen LogP contribution in [0.5, 0.6) is 5.88 Å². The van der Waals surface area contributed by atoms with E-state index in [0.717, 1.165) is 28.2 Å². The summed E-state index contributed by atoms with van der Waals surface area (Å²) in [5.74, 6) is 0.0580. The van der Waals surface area contributed by atoms with Gasteiger partial charge in [0.2, 0.25) is 11.8 Å². The van der Waals surface area contributed by atoms with Crippen molar-refractivity contribution in [2.75, 3.05) is 5.32 Å². The van der Waals surface area contributed by atoms with Gasteiger partial charge in [0, 0.05) is 19.0 Å². The molecule has 0 atom stereocenters. The lowest BCUT2D eigenvalue weighted by Gasteiger charge is -2.17. The van der Waals surface area contributed by atoms with Gasteiger partial charge in [-0.15, -0.1) is 0 Å². The van der Waals surface area contributed by atoms with Crippen LogP contribution in [0.1, 0.15) is 59.6 Å². The first-order chi connectivity index (χ1) is 15.0. The van der Waals surface area contributed by atoms with Gasteiger partial charge >= 0.3 is 5.97 Å². The number of nitrogens with one attached hydrogen (secondary N) is 1. The molecule has 0 saturated heterocycles. The zero-order valence-corrected chi connectivity index (χ0v) is 19.6. The molecular weight excluding hydrogens is 402 g/mol. The van der Waals surface area contributed by atoms with Gasteiger partial charge in [0.1, 0.15) is 0 Å². The smallest absolute Gasteiger partial charge is 0.309 e. The summed E-state index contributed by atoms with van der Waals surface area (Å²) in [6.45, 7) is 11.6. The highest BCUT2D eigenvalue weighted by atomic mass is 16.5. The van der Waals surface area contributed by atoms with Gasteiger partial charge in [-0.25, -0.2) is 0 Å². The third-order valence-electron chi connectivity index (χ3n) is 4.81. The van der Waals surface area contributed by atoms with Crippen LogP contribution in [0.25, 0.3) is 16.8 Å². The maximum atomic E-state index is 12.3. The minimum absolute atomic E-state index is 0.0226. The number of esters is 1. The lowest BCUT2D eigenvalue weighted by Crippen LogP contribution is -2.19. The number of carbonyl (C=O) groups excluding carboxylic acids is 2. The largest absolute Gasteiger partial charge is 0.407 e. The highest BCUT2D eigenvalue weighted by Gasteiger charge is 2.25. The number of ether oxygens (including phenoxy) is 1. The molecule has 1 heterocycles. The SMILES string of the molecule is CC(=O)Oc1c(-c2ccc(NC(=O)CC(C)(C)C)cc2)c(C(C)C)nn1-c1ccccc1. The number of hydrogen-bond acceptors (Lipinski definition) is 4. The number of aromatic nitrogens is 2. The Kier molecular flexibility index (Phi) is 6.82. The van der Waals surface area contributed by atoms with Crippen molar-refractivity contribution in [3.05, 3.63) is 60.3 Å². The lowest BCUT2D eigenvalue weighted by atomic mass is 9.92. The van der Waals surface area contributed by atoms with E-state index in [-0.39, 0.29) is 17.2 Å². The molecule has 6 heteroatoms. The van der Waals surface area contributed by atoms with Crippen molar-refractivity contribution in [1.82, 2.24) is 9.78 Å². The molecule has 0 aliphatic heterocycles.